The van der Waals surface area contributed by atoms with E-state index in [1.54, 1.807) is 6.20 Å². The van der Waals surface area contributed by atoms with Crippen LogP contribution in [0.25, 0.3) is 11.2 Å². The van der Waals surface area contributed by atoms with E-state index in [-0.39, 0.29) is 35.7 Å². The highest BCUT2D eigenvalue weighted by atomic mass is 19.1. The highest BCUT2D eigenvalue weighted by Crippen LogP contribution is 2.38. The van der Waals surface area contributed by atoms with Crippen LogP contribution in [0.1, 0.15) is 83.1 Å². The number of halogens is 2. The lowest BCUT2D eigenvalue weighted by Gasteiger charge is -2.39. The van der Waals surface area contributed by atoms with E-state index in [0.717, 1.165) is 83.4 Å². The first-order chi connectivity index (χ1) is 21.9. The summed E-state index contributed by atoms with van der Waals surface area (Å²) >= 11 is 0. The van der Waals surface area contributed by atoms with Gasteiger partial charge in [0, 0.05) is 43.2 Å². The molecule has 2 aliphatic heterocycles. The molecule has 0 radical (unpaired) electrons. The molecule has 1 aromatic carbocycles. The van der Waals surface area contributed by atoms with Gasteiger partial charge in [-0.05, 0) is 102 Å². The zero-order valence-corrected chi connectivity index (χ0v) is 25.8. The quantitative estimate of drug-likeness (QED) is 0.322. The van der Waals surface area contributed by atoms with Gasteiger partial charge in [0.15, 0.2) is 5.65 Å². The second kappa shape index (κ2) is 13.2. The summed E-state index contributed by atoms with van der Waals surface area (Å²) in [6.45, 7) is 4.08. The first kappa shape index (κ1) is 30.3. The molecule has 4 heterocycles. The van der Waals surface area contributed by atoms with Crippen molar-refractivity contribution in [1.29, 1.82) is 0 Å². The van der Waals surface area contributed by atoms with Crippen LogP contribution in [0, 0.1) is 17.6 Å². The number of rotatable bonds is 7. The van der Waals surface area contributed by atoms with E-state index in [2.05, 4.69) is 25.4 Å². The molecule has 0 unspecified atom stereocenters. The van der Waals surface area contributed by atoms with Crippen LogP contribution in [0.4, 0.5) is 26.4 Å². The number of nitrogens with zero attached hydrogens (tertiary/aromatic N) is 6. The molecular weight excluding hydrogens is 578 g/mol. The number of carbonyl (C=O) groups is 1. The molecule has 242 valence electrons. The maximum absolute atomic E-state index is 14.7. The number of fused-ring (bicyclic) bond motifs is 1. The number of aromatic nitrogens is 4. The van der Waals surface area contributed by atoms with E-state index in [9.17, 15) is 18.7 Å². The van der Waals surface area contributed by atoms with Crippen LogP contribution in [0.3, 0.4) is 0 Å². The maximum atomic E-state index is 14.7. The molecule has 1 amide bonds. The molecule has 7 rings (SSSR count). The number of amides is 1. The summed E-state index contributed by atoms with van der Waals surface area (Å²) in [6.07, 6.45) is 12.4. The molecule has 4 fully saturated rings. The van der Waals surface area contributed by atoms with Gasteiger partial charge in [-0.15, -0.1) is 0 Å². The van der Waals surface area contributed by atoms with Gasteiger partial charge >= 0.3 is 0 Å². The summed E-state index contributed by atoms with van der Waals surface area (Å²) in [5.74, 6) is -0.163. The number of anilines is 3. The highest BCUT2D eigenvalue weighted by Gasteiger charge is 2.35. The first-order valence-corrected chi connectivity index (χ1v) is 16.9. The zero-order valence-electron chi connectivity index (χ0n) is 25.8. The van der Waals surface area contributed by atoms with Gasteiger partial charge in [0.1, 0.15) is 17.2 Å². The number of hydrogen-bond acceptors (Lipinski definition) is 8. The predicted molar refractivity (Wildman–Crippen MR) is 168 cm³/mol. The summed E-state index contributed by atoms with van der Waals surface area (Å²) in [7, 11) is 0. The standard InChI is InChI=1S/C33H44F2N8O2/c34-22-5-12-28(27(35)19-22)38-33-39-29-20-36-32(37-23-6-10-26(44)11-7-23)40-30(29)43(33)25-8-3-21(4-9-25)31(45)42-17-13-24(14-18-42)41-15-1-2-16-41/h5,12,19-21,23-26,44H,1-4,6-11,13-18H2,(H,38,39)(H,36,37,40)/t21?,23-,25?,26-. The Hall–Kier alpha value is -3.38. The summed E-state index contributed by atoms with van der Waals surface area (Å²) in [5, 5.41) is 16.4. The van der Waals surface area contributed by atoms with Crippen molar-refractivity contribution in [3.63, 3.8) is 0 Å². The Labute approximate surface area is 262 Å². The fourth-order valence-electron chi connectivity index (χ4n) is 7.91. The van der Waals surface area contributed by atoms with Crippen molar-refractivity contribution in [3.8, 4) is 0 Å². The van der Waals surface area contributed by atoms with Gasteiger partial charge in [0.25, 0.3) is 0 Å². The minimum Gasteiger partial charge on any atom is -0.393 e. The van der Waals surface area contributed by atoms with Gasteiger partial charge in [0.2, 0.25) is 17.8 Å². The number of piperidine rings is 1. The van der Waals surface area contributed by atoms with Gasteiger partial charge < -0.3 is 25.5 Å². The lowest BCUT2D eigenvalue weighted by Crippen LogP contribution is -2.48. The number of aliphatic hydroxyl groups is 1. The van der Waals surface area contributed by atoms with Crippen LogP contribution in [0.15, 0.2) is 24.4 Å². The average molecular weight is 623 g/mol. The van der Waals surface area contributed by atoms with E-state index in [1.165, 1.54) is 38.1 Å². The van der Waals surface area contributed by atoms with Gasteiger partial charge in [-0.3, -0.25) is 9.36 Å². The molecular formula is C33H44F2N8O2. The Morgan fingerprint density at radius 3 is 2.31 bits per heavy atom. The van der Waals surface area contributed by atoms with Crippen LogP contribution in [0.2, 0.25) is 0 Å². The van der Waals surface area contributed by atoms with E-state index < -0.39 is 11.6 Å². The predicted octanol–water partition coefficient (Wildman–Crippen LogP) is 5.38. The van der Waals surface area contributed by atoms with Crippen molar-refractivity contribution < 1.29 is 18.7 Å². The van der Waals surface area contributed by atoms with Crippen molar-refractivity contribution in [2.45, 2.75) is 101 Å². The SMILES string of the molecule is O=C(C1CCC(n2c(Nc3ccc(F)cc3F)nc3cnc(N[C@H]4CC[C@H](O)CC4)nc32)CC1)N1CCC(N2CCCC2)CC1. The van der Waals surface area contributed by atoms with Crippen LogP contribution in [-0.2, 0) is 4.79 Å². The Bertz CT molecular complexity index is 1490. The van der Waals surface area contributed by atoms with Gasteiger partial charge in [-0.25, -0.2) is 18.7 Å². The molecule has 3 N–H and O–H groups in total. The molecule has 10 nitrogen and oxygen atoms in total. The van der Waals surface area contributed by atoms with E-state index in [4.69, 9.17) is 9.97 Å². The van der Waals surface area contributed by atoms with Crippen LogP contribution < -0.4 is 10.6 Å². The van der Waals surface area contributed by atoms with Crippen molar-refractivity contribution in [2.24, 2.45) is 5.92 Å². The largest absolute Gasteiger partial charge is 0.393 e. The Balaban J connectivity index is 1.08. The molecule has 0 spiro atoms. The second-order valence-corrected chi connectivity index (χ2v) is 13.4. The number of carbonyl (C=O) groups excluding carboxylic acids is 1. The maximum Gasteiger partial charge on any atom is 0.225 e. The lowest BCUT2D eigenvalue weighted by molar-refractivity contribution is -0.138. The number of benzene rings is 1. The van der Waals surface area contributed by atoms with E-state index in [0.29, 0.717) is 29.1 Å². The third-order valence-electron chi connectivity index (χ3n) is 10.5. The zero-order chi connectivity index (χ0) is 30.9. The lowest BCUT2D eigenvalue weighted by atomic mass is 9.84. The minimum absolute atomic E-state index is 0.00108. The number of imidazole rings is 1. The third kappa shape index (κ3) is 6.63. The van der Waals surface area contributed by atoms with Crippen molar-refractivity contribution >= 4 is 34.7 Å². The summed E-state index contributed by atoms with van der Waals surface area (Å²) in [4.78, 5) is 32.4. The molecule has 2 saturated carbocycles. The Morgan fingerprint density at radius 1 is 0.867 bits per heavy atom. The number of aliphatic hydroxyl groups excluding tert-OH is 1. The monoisotopic (exact) mass is 622 g/mol. The molecule has 0 atom stereocenters. The topological polar surface area (TPSA) is 111 Å². The van der Waals surface area contributed by atoms with E-state index in [1.807, 2.05) is 4.57 Å². The summed E-state index contributed by atoms with van der Waals surface area (Å²) in [6, 6.07) is 4.22. The number of hydrogen-bond donors (Lipinski definition) is 3. The highest BCUT2D eigenvalue weighted by molar-refractivity contribution is 5.79. The fraction of sp³-hybridized carbons (Fsp3) is 0.636. The van der Waals surface area contributed by atoms with E-state index >= 15 is 0 Å². The first-order valence-electron chi connectivity index (χ1n) is 16.9. The van der Waals surface area contributed by atoms with Gasteiger partial charge in [-0.2, -0.15) is 4.98 Å². The van der Waals surface area contributed by atoms with Gasteiger partial charge in [-0.1, -0.05) is 0 Å². The smallest absolute Gasteiger partial charge is 0.225 e. The van der Waals surface area contributed by atoms with Crippen LogP contribution in [-0.4, -0.2) is 84.7 Å². The van der Waals surface area contributed by atoms with Crippen molar-refractivity contribution in [1.82, 2.24) is 29.3 Å². The molecule has 12 heteroatoms. The molecule has 3 aromatic rings. The number of likely N-dealkylation sites (tertiary alicyclic amines) is 2. The third-order valence-corrected chi connectivity index (χ3v) is 10.5. The van der Waals surface area contributed by atoms with Crippen molar-refractivity contribution in [3.05, 3.63) is 36.0 Å². The molecule has 4 aliphatic rings. The second-order valence-electron chi connectivity index (χ2n) is 13.4. The average Bonchev–Trinajstić information content (AvgIpc) is 3.72. The number of nitrogens with one attached hydrogen (secondary N) is 2. The van der Waals surface area contributed by atoms with Gasteiger partial charge in [0.05, 0.1) is 18.0 Å². The fourth-order valence-corrected chi connectivity index (χ4v) is 7.91. The summed E-state index contributed by atoms with van der Waals surface area (Å²) < 4.78 is 30.4. The Kier molecular flexibility index (Phi) is 8.85. The molecule has 2 saturated heterocycles. The molecule has 0 bridgehead atoms. The molecule has 45 heavy (non-hydrogen) atoms. The van der Waals surface area contributed by atoms with Crippen LogP contribution in [0.5, 0.6) is 0 Å². The van der Waals surface area contributed by atoms with Crippen LogP contribution >= 0.6 is 0 Å². The minimum atomic E-state index is -0.704. The Morgan fingerprint density at radius 2 is 1.60 bits per heavy atom. The molecule has 2 aromatic heterocycles. The van der Waals surface area contributed by atoms with Crippen molar-refractivity contribution in [2.75, 3.05) is 36.8 Å². The summed E-state index contributed by atoms with van der Waals surface area (Å²) in [5.41, 5.74) is 1.33. The normalized spacial score (nSPS) is 26.8. The molecule has 2 aliphatic carbocycles.